The lowest BCUT2D eigenvalue weighted by atomic mass is 9.84. The Hall–Kier alpha value is -0.960. The highest BCUT2D eigenvalue weighted by Gasteiger charge is 2.20. The summed E-state index contributed by atoms with van der Waals surface area (Å²) >= 11 is 3.02. The van der Waals surface area contributed by atoms with Crippen LogP contribution in [-0.2, 0) is 10.2 Å². The zero-order valence-corrected chi connectivity index (χ0v) is 12.2. The molecule has 0 atom stereocenters. The van der Waals surface area contributed by atoms with Gasteiger partial charge in [0.25, 0.3) is 0 Å². The zero-order chi connectivity index (χ0) is 13.2. The first-order chi connectivity index (χ1) is 7.77. The minimum atomic E-state index is -0.412. The summed E-state index contributed by atoms with van der Waals surface area (Å²) in [5.41, 5.74) is 2.40. The second kappa shape index (κ2) is 5.13. The summed E-state index contributed by atoms with van der Waals surface area (Å²) in [7, 11) is 0. The summed E-state index contributed by atoms with van der Waals surface area (Å²) in [6.45, 7) is 8.09. The van der Waals surface area contributed by atoms with E-state index in [0.717, 1.165) is 11.1 Å². The number of Topliss-reactive ketones (excluding diaryl/α,β-unsaturated/α-hetero) is 2. The second-order valence-corrected chi connectivity index (χ2v) is 5.73. The predicted molar refractivity (Wildman–Crippen MR) is 73.0 cm³/mol. The summed E-state index contributed by atoms with van der Waals surface area (Å²) in [5.74, 6) is -0.815. The molecule has 0 fully saturated rings. The smallest absolute Gasteiger partial charge is 0.229 e. The Morgan fingerprint density at radius 3 is 2.29 bits per heavy atom. The minimum Gasteiger partial charge on any atom is -0.290 e. The summed E-state index contributed by atoms with van der Waals surface area (Å²) in [4.78, 5) is 23.3. The van der Waals surface area contributed by atoms with Crippen molar-refractivity contribution in [2.75, 3.05) is 5.33 Å². The molecule has 0 aromatic heterocycles. The SMILES string of the molecule is Cc1ccc(C(C)(C)C)cc1C(=O)C(=O)CBr. The number of carbonyl (C=O) groups is 2. The third kappa shape index (κ3) is 3.25. The fraction of sp³-hybridized carbons (Fsp3) is 0.429. The van der Waals surface area contributed by atoms with Crippen molar-refractivity contribution in [1.29, 1.82) is 0 Å². The second-order valence-electron chi connectivity index (χ2n) is 5.17. The van der Waals surface area contributed by atoms with Gasteiger partial charge in [-0.15, -0.1) is 0 Å². The Kier molecular flexibility index (Phi) is 4.26. The number of aryl methyl sites for hydroxylation is 1. The van der Waals surface area contributed by atoms with Gasteiger partial charge in [-0.3, -0.25) is 9.59 Å². The van der Waals surface area contributed by atoms with Crippen LogP contribution in [0.25, 0.3) is 0 Å². The van der Waals surface area contributed by atoms with Crippen molar-refractivity contribution in [3.8, 4) is 0 Å². The molecule has 0 aliphatic carbocycles. The average Bonchev–Trinajstić information content (AvgIpc) is 2.26. The molecule has 3 heteroatoms. The topological polar surface area (TPSA) is 34.1 Å². The highest BCUT2D eigenvalue weighted by Crippen LogP contribution is 2.24. The van der Waals surface area contributed by atoms with Crippen molar-refractivity contribution >= 4 is 27.5 Å². The van der Waals surface area contributed by atoms with Gasteiger partial charge in [0.05, 0.1) is 5.33 Å². The van der Waals surface area contributed by atoms with Gasteiger partial charge >= 0.3 is 0 Å². The number of alkyl halides is 1. The van der Waals surface area contributed by atoms with Crippen molar-refractivity contribution < 1.29 is 9.59 Å². The molecule has 92 valence electrons. The first-order valence-electron chi connectivity index (χ1n) is 5.52. The fourth-order valence-electron chi connectivity index (χ4n) is 1.54. The molecular weight excluding hydrogens is 280 g/mol. The normalized spacial score (nSPS) is 11.4. The molecule has 0 saturated heterocycles. The van der Waals surface area contributed by atoms with Gasteiger partial charge in [-0.05, 0) is 29.5 Å². The molecule has 0 spiro atoms. The zero-order valence-electron chi connectivity index (χ0n) is 10.6. The van der Waals surface area contributed by atoms with Crippen molar-refractivity contribution in [1.82, 2.24) is 0 Å². The molecule has 0 unspecified atom stereocenters. The Labute approximate surface area is 111 Å². The lowest BCUT2D eigenvalue weighted by Crippen LogP contribution is -2.18. The van der Waals surface area contributed by atoms with Crippen LogP contribution in [0.1, 0.15) is 42.3 Å². The number of hydrogen-bond donors (Lipinski definition) is 0. The van der Waals surface area contributed by atoms with Crippen molar-refractivity contribution in [3.63, 3.8) is 0 Å². The van der Waals surface area contributed by atoms with E-state index in [0.29, 0.717) is 5.56 Å². The Balaban J connectivity index is 3.25. The molecule has 0 aliphatic rings. The average molecular weight is 297 g/mol. The highest BCUT2D eigenvalue weighted by molar-refractivity contribution is 9.09. The van der Waals surface area contributed by atoms with Gasteiger partial charge in [0.2, 0.25) is 11.6 Å². The van der Waals surface area contributed by atoms with Crippen LogP contribution < -0.4 is 0 Å². The maximum atomic E-state index is 11.9. The van der Waals surface area contributed by atoms with Crippen molar-refractivity contribution in [2.45, 2.75) is 33.1 Å². The van der Waals surface area contributed by atoms with E-state index >= 15 is 0 Å². The molecule has 0 N–H and O–H groups in total. The molecule has 0 saturated carbocycles. The maximum absolute atomic E-state index is 11.9. The first-order valence-corrected chi connectivity index (χ1v) is 6.64. The Morgan fingerprint density at radius 2 is 1.82 bits per heavy atom. The van der Waals surface area contributed by atoms with Gasteiger partial charge in [-0.1, -0.05) is 48.8 Å². The van der Waals surface area contributed by atoms with Crippen LogP contribution >= 0.6 is 15.9 Å². The number of hydrogen-bond acceptors (Lipinski definition) is 2. The number of rotatable bonds is 3. The van der Waals surface area contributed by atoms with Gasteiger partial charge < -0.3 is 0 Å². The van der Waals surface area contributed by atoms with Gasteiger partial charge in [-0.25, -0.2) is 0 Å². The van der Waals surface area contributed by atoms with Gasteiger partial charge in [0.15, 0.2) is 0 Å². The van der Waals surface area contributed by atoms with E-state index in [1.165, 1.54) is 0 Å². The third-order valence-electron chi connectivity index (χ3n) is 2.72. The minimum absolute atomic E-state index is 0.0276. The van der Waals surface area contributed by atoms with Gasteiger partial charge in [-0.2, -0.15) is 0 Å². The summed E-state index contributed by atoms with van der Waals surface area (Å²) in [6, 6.07) is 5.73. The molecule has 17 heavy (non-hydrogen) atoms. The van der Waals surface area contributed by atoms with E-state index in [1.807, 2.05) is 25.1 Å². The van der Waals surface area contributed by atoms with Crippen LogP contribution in [0.2, 0.25) is 0 Å². The number of benzene rings is 1. The molecular formula is C14H17BrO2. The van der Waals surface area contributed by atoms with E-state index in [4.69, 9.17) is 0 Å². The van der Waals surface area contributed by atoms with E-state index < -0.39 is 11.6 Å². The van der Waals surface area contributed by atoms with Gasteiger partial charge in [0, 0.05) is 5.56 Å². The monoisotopic (exact) mass is 296 g/mol. The van der Waals surface area contributed by atoms with E-state index in [2.05, 4.69) is 36.7 Å². The van der Waals surface area contributed by atoms with Crippen LogP contribution in [0.15, 0.2) is 18.2 Å². The quantitative estimate of drug-likeness (QED) is 0.486. The van der Waals surface area contributed by atoms with Crippen LogP contribution in [0.4, 0.5) is 0 Å². The highest BCUT2D eigenvalue weighted by atomic mass is 79.9. The summed E-state index contributed by atoms with van der Waals surface area (Å²) in [6.07, 6.45) is 0. The van der Waals surface area contributed by atoms with Crippen LogP contribution in [0.5, 0.6) is 0 Å². The van der Waals surface area contributed by atoms with Crippen molar-refractivity contribution in [3.05, 3.63) is 34.9 Å². The van der Waals surface area contributed by atoms with Gasteiger partial charge in [0.1, 0.15) is 0 Å². The molecule has 0 aliphatic heterocycles. The standard InChI is InChI=1S/C14H17BrO2/c1-9-5-6-10(14(2,3)4)7-11(9)13(17)12(16)8-15/h5-7H,8H2,1-4H3. The summed E-state index contributed by atoms with van der Waals surface area (Å²) in [5, 5.41) is 0.0744. The fourth-order valence-corrected chi connectivity index (χ4v) is 1.80. The van der Waals surface area contributed by atoms with E-state index in [9.17, 15) is 9.59 Å². The molecule has 1 aromatic rings. The molecule has 0 bridgehead atoms. The number of carbonyl (C=O) groups excluding carboxylic acids is 2. The lowest BCUT2D eigenvalue weighted by molar-refractivity contribution is -0.112. The number of halogens is 1. The number of ketones is 2. The molecule has 2 nitrogen and oxygen atoms in total. The third-order valence-corrected chi connectivity index (χ3v) is 3.23. The van der Waals surface area contributed by atoms with Crippen LogP contribution in [0, 0.1) is 6.92 Å². The molecule has 0 heterocycles. The largest absolute Gasteiger partial charge is 0.290 e. The molecule has 0 amide bonds. The molecule has 1 aromatic carbocycles. The molecule has 1 rings (SSSR count). The van der Waals surface area contributed by atoms with Crippen LogP contribution in [-0.4, -0.2) is 16.9 Å². The molecule has 0 radical (unpaired) electrons. The maximum Gasteiger partial charge on any atom is 0.229 e. The first kappa shape index (κ1) is 14.1. The lowest BCUT2D eigenvalue weighted by Gasteiger charge is -2.20. The Morgan fingerprint density at radius 1 is 1.24 bits per heavy atom. The van der Waals surface area contributed by atoms with E-state index in [1.54, 1.807) is 0 Å². The van der Waals surface area contributed by atoms with Crippen LogP contribution in [0.3, 0.4) is 0 Å². The Bertz CT molecular complexity index is 456. The predicted octanol–water partition coefficient (Wildman–Crippen LogP) is 3.44. The van der Waals surface area contributed by atoms with E-state index in [-0.39, 0.29) is 10.7 Å². The van der Waals surface area contributed by atoms with Crippen molar-refractivity contribution in [2.24, 2.45) is 0 Å². The summed E-state index contributed by atoms with van der Waals surface area (Å²) < 4.78 is 0.